The molecule has 0 bridgehead atoms. The molecule has 1 unspecified atom stereocenters. The van der Waals surface area contributed by atoms with E-state index in [-0.39, 0.29) is 11.6 Å². The predicted octanol–water partition coefficient (Wildman–Crippen LogP) is 9.76. The van der Waals surface area contributed by atoms with Crippen molar-refractivity contribution in [1.82, 2.24) is 5.32 Å². The Kier molecular flexibility index (Phi) is 12.2. The van der Waals surface area contributed by atoms with Gasteiger partial charge in [-0.15, -0.1) is 11.8 Å². The maximum atomic E-state index is 13.9. The maximum Gasteiger partial charge on any atom is 0.272 e. The fraction of sp³-hybridized carbons (Fsp3) is 0.0889. The van der Waals surface area contributed by atoms with Crippen molar-refractivity contribution >= 4 is 46.9 Å². The number of thioether (sulfide) groups is 1. The van der Waals surface area contributed by atoms with Crippen molar-refractivity contribution in [2.24, 2.45) is 0 Å². The highest BCUT2D eigenvalue weighted by molar-refractivity contribution is 8.00. The minimum atomic E-state index is -0.568. The third kappa shape index (κ3) is 10.1. The molecule has 6 aromatic carbocycles. The van der Waals surface area contributed by atoms with E-state index >= 15 is 0 Å². The third-order valence-corrected chi connectivity index (χ3v) is 9.63. The van der Waals surface area contributed by atoms with E-state index in [2.05, 4.69) is 16.0 Å². The Morgan fingerprint density at radius 1 is 0.679 bits per heavy atom. The lowest BCUT2D eigenvalue weighted by molar-refractivity contribution is -0.116. The first-order valence-electron chi connectivity index (χ1n) is 17.2. The summed E-state index contributed by atoms with van der Waals surface area (Å²) in [7, 11) is 0. The Morgan fingerprint density at radius 2 is 1.30 bits per heavy atom. The van der Waals surface area contributed by atoms with E-state index in [1.807, 2.05) is 141 Å². The van der Waals surface area contributed by atoms with Crippen molar-refractivity contribution in [2.75, 3.05) is 10.6 Å². The van der Waals surface area contributed by atoms with Gasteiger partial charge in [0, 0.05) is 21.8 Å². The molecule has 0 aliphatic rings. The highest BCUT2D eigenvalue weighted by Crippen LogP contribution is 2.38. The summed E-state index contributed by atoms with van der Waals surface area (Å²) in [5, 5.41) is 8.32. The van der Waals surface area contributed by atoms with Crippen LogP contribution in [0.2, 0.25) is 0 Å². The van der Waals surface area contributed by atoms with Crippen LogP contribution in [-0.4, -0.2) is 17.7 Å². The van der Waals surface area contributed by atoms with Crippen molar-refractivity contribution in [1.29, 1.82) is 0 Å². The molecule has 3 N–H and O–H groups in total. The van der Waals surface area contributed by atoms with E-state index in [0.717, 1.165) is 32.8 Å². The second kappa shape index (κ2) is 17.7. The molecule has 0 aliphatic carbocycles. The number of rotatable bonds is 13. The molecule has 3 amide bonds. The number of hydrogen-bond donors (Lipinski definition) is 3. The Labute approximate surface area is 314 Å². The summed E-state index contributed by atoms with van der Waals surface area (Å²) in [5.41, 5.74) is 6.34. The summed E-state index contributed by atoms with van der Waals surface area (Å²) >= 11 is 1.39. The molecule has 0 heterocycles. The zero-order chi connectivity index (χ0) is 37.0. The van der Waals surface area contributed by atoms with Crippen LogP contribution in [0.15, 0.2) is 168 Å². The molecule has 0 aromatic heterocycles. The van der Waals surface area contributed by atoms with Crippen LogP contribution >= 0.6 is 11.8 Å². The van der Waals surface area contributed by atoms with Crippen molar-refractivity contribution in [3.05, 3.63) is 197 Å². The quantitative estimate of drug-likeness (QED) is 0.0817. The fourth-order valence-corrected chi connectivity index (χ4v) is 6.68. The number of nitrogens with one attached hydrogen (secondary N) is 3. The SMILES string of the molecule is Cc1cccc(C)c1NC(=O)C(Sc1cccc(NC(=O)/C(=C\c2ccc(OCc3ccccc3)cc2)NC(=O)c2ccccc2)c1)c1ccccc1. The van der Waals surface area contributed by atoms with Crippen LogP contribution in [0, 0.1) is 13.8 Å². The number of benzene rings is 6. The molecule has 1 atom stereocenters. The number of ether oxygens (including phenoxy) is 1. The summed E-state index contributed by atoms with van der Waals surface area (Å²) in [5.74, 6) is -0.400. The number of anilines is 2. The first-order valence-corrected chi connectivity index (χ1v) is 18.1. The van der Waals surface area contributed by atoms with E-state index < -0.39 is 17.1 Å². The Hall–Kier alpha value is -6.38. The Bertz CT molecular complexity index is 2190. The zero-order valence-corrected chi connectivity index (χ0v) is 30.2. The van der Waals surface area contributed by atoms with Gasteiger partial charge in [-0.2, -0.15) is 0 Å². The monoisotopic (exact) mass is 717 g/mol. The minimum Gasteiger partial charge on any atom is -0.489 e. The number of carbonyl (C=O) groups is 3. The van der Waals surface area contributed by atoms with Gasteiger partial charge in [0.15, 0.2) is 0 Å². The van der Waals surface area contributed by atoms with Gasteiger partial charge < -0.3 is 20.7 Å². The van der Waals surface area contributed by atoms with Crippen molar-refractivity contribution < 1.29 is 19.1 Å². The third-order valence-electron chi connectivity index (χ3n) is 8.38. The lowest BCUT2D eigenvalue weighted by Crippen LogP contribution is -2.30. The second-order valence-electron chi connectivity index (χ2n) is 12.4. The molecule has 6 aromatic rings. The minimum absolute atomic E-state index is 0.0602. The summed E-state index contributed by atoms with van der Waals surface area (Å²) in [6.45, 7) is 4.37. The van der Waals surface area contributed by atoms with Gasteiger partial charge in [-0.05, 0) is 90.2 Å². The molecule has 0 fully saturated rings. The summed E-state index contributed by atoms with van der Waals surface area (Å²) in [6.07, 6.45) is 1.62. The smallest absolute Gasteiger partial charge is 0.272 e. The Balaban J connectivity index is 1.21. The number of aryl methyl sites for hydroxylation is 2. The van der Waals surface area contributed by atoms with E-state index in [0.29, 0.717) is 29.2 Å². The molecule has 0 radical (unpaired) electrons. The summed E-state index contributed by atoms with van der Waals surface area (Å²) in [6, 6.07) is 48.7. The van der Waals surface area contributed by atoms with Gasteiger partial charge in [0.1, 0.15) is 23.3 Å². The average Bonchev–Trinajstić information content (AvgIpc) is 3.19. The largest absolute Gasteiger partial charge is 0.489 e. The maximum absolute atomic E-state index is 13.9. The van der Waals surface area contributed by atoms with Crippen LogP contribution in [0.5, 0.6) is 5.75 Å². The van der Waals surface area contributed by atoms with Crippen molar-refractivity contribution in [3.63, 3.8) is 0 Å². The normalized spacial score (nSPS) is 11.6. The van der Waals surface area contributed by atoms with Crippen LogP contribution in [0.1, 0.15) is 43.4 Å². The van der Waals surface area contributed by atoms with Crippen molar-refractivity contribution in [2.45, 2.75) is 30.6 Å². The molecule has 53 heavy (non-hydrogen) atoms. The molecule has 0 aliphatic heterocycles. The molecule has 0 spiro atoms. The van der Waals surface area contributed by atoms with Crippen LogP contribution in [0.3, 0.4) is 0 Å². The van der Waals surface area contributed by atoms with Gasteiger partial charge in [-0.1, -0.05) is 115 Å². The van der Waals surface area contributed by atoms with E-state index in [1.54, 1.807) is 36.4 Å². The molecular weight excluding hydrogens is 679 g/mol. The van der Waals surface area contributed by atoms with Gasteiger partial charge >= 0.3 is 0 Å². The van der Waals surface area contributed by atoms with Gasteiger partial charge in [-0.3, -0.25) is 14.4 Å². The highest BCUT2D eigenvalue weighted by atomic mass is 32.2. The molecule has 0 saturated heterocycles. The van der Waals surface area contributed by atoms with Gasteiger partial charge in [-0.25, -0.2) is 0 Å². The standard InChI is InChI=1S/C45H39N3O4S/c1-31-14-12-15-32(2)41(31)48-45(51)42(35-18-8-4-9-19-35)53-39-23-13-22-37(29-39)46-44(50)40(47-43(49)36-20-10-5-11-21-36)28-33-24-26-38(27-25-33)52-30-34-16-6-3-7-17-34/h3-29,42H,30H2,1-2H3,(H,46,50)(H,47,49)(H,48,51)/b40-28+. The summed E-state index contributed by atoms with van der Waals surface area (Å²) in [4.78, 5) is 41.7. The predicted molar refractivity (Wildman–Crippen MR) is 214 cm³/mol. The van der Waals surface area contributed by atoms with Gasteiger partial charge in [0.05, 0.1) is 0 Å². The highest BCUT2D eigenvalue weighted by Gasteiger charge is 2.24. The van der Waals surface area contributed by atoms with Crippen LogP contribution in [-0.2, 0) is 16.2 Å². The first-order chi connectivity index (χ1) is 25.8. The number of para-hydroxylation sites is 1. The molecular formula is C45H39N3O4S. The van der Waals surface area contributed by atoms with E-state index in [4.69, 9.17) is 4.74 Å². The second-order valence-corrected chi connectivity index (χ2v) is 13.5. The molecule has 8 heteroatoms. The lowest BCUT2D eigenvalue weighted by Gasteiger charge is -2.19. The zero-order valence-electron chi connectivity index (χ0n) is 29.4. The fourth-order valence-electron chi connectivity index (χ4n) is 5.59. The number of hydrogen-bond acceptors (Lipinski definition) is 5. The van der Waals surface area contributed by atoms with E-state index in [9.17, 15) is 14.4 Å². The molecule has 7 nitrogen and oxygen atoms in total. The molecule has 0 saturated carbocycles. The number of amides is 3. The summed E-state index contributed by atoms with van der Waals surface area (Å²) < 4.78 is 5.93. The average molecular weight is 718 g/mol. The molecule has 264 valence electrons. The van der Waals surface area contributed by atoms with Crippen LogP contribution in [0.4, 0.5) is 11.4 Å². The Morgan fingerprint density at radius 3 is 1.98 bits per heavy atom. The van der Waals surface area contributed by atoms with Crippen molar-refractivity contribution in [3.8, 4) is 5.75 Å². The van der Waals surface area contributed by atoms with Gasteiger partial charge in [0.25, 0.3) is 11.8 Å². The number of carbonyl (C=O) groups excluding carboxylic acids is 3. The lowest BCUT2D eigenvalue weighted by atomic mass is 10.1. The molecule has 6 rings (SSSR count). The first kappa shape index (κ1) is 36.4. The van der Waals surface area contributed by atoms with E-state index in [1.165, 1.54) is 11.8 Å². The topological polar surface area (TPSA) is 96.5 Å². The van der Waals surface area contributed by atoms with Crippen LogP contribution in [0.25, 0.3) is 6.08 Å². The van der Waals surface area contributed by atoms with Crippen LogP contribution < -0.4 is 20.7 Å². The van der Waals surface area contributed by atoms with Gasteiger partial charge in [0.2, 0.25) is 5.91 Å².